The Hall–Kier alpha value is -0.410. The first-order valence-corrected chi connectivity index (χ1v) is 4.41. The highest BCUT2D eigenvalue weighted by atomic mass is 79.9. The molecule has 0 aliphatic rings. The average molecular weight is 233 g/mol. The van der Waals surface area contributed by atoms with Gasteiger partial charge in [-0.3, -0.25) is 0 Å². The van der Waals surface area contributed by atoms with E-state index in [0.29, 0.717) is 5.56 Å². The molecule has 0 radical (unpaired) electrons. The summed E-state index contributed by atoms with van der Waals surface area (Å²) < 4.78 is 14.3. The van der Waals surface area contributed by atoms with E-state index in [2.05, 4.69) is 15.9 Å². The molecule has 0 amide bonds. The standard InChI is InChI=1S/C9H10BrFO/c1-9(11,6-12)7-2-4-8(10)5-3-7/h2-5,12H,6H2,1H3/t9-/m0/s1. The summed E-state index contributed by atoms with van der Waals surface area (Å²) in [6.07, 6.45) is 0. The van der Waals surface area contributed by atoms with Gasteiger partial charge in [-0.25, -0.2) is 4.39 Å². The summed E-state index contributed by atoms with van der Waals surface area (Å²) in [6, 6.07) is 6.81. The van der Waals surface area contributed by atoms with Crippen molar-refractivity contribution in [3.8, 4) is 0 Å². The number of hydrogen-bond donors (Lipinski definition) is 1. The minimum atomic E-state index is -1.64. The van der Waals surface area contributed by atoms with Gasteiger partial charge in [-0.1, -0.05) is 28.1 Å². The number of benzene rings is 1. The fourth-order valence-corrected chi connectivity index (χ4v) is 1.15. The number of hydrogen-bond acceptors (Lipinski definition) is 1. The van der Waals surface area contributed by atoms with Crippen LogP contribution in [0.5, 0.6) is 0 Å². The van der Waals surface area contributed by atoms with Crippen molar-refractivity contribution in [1.82, 2.24) is 0 Å². The first-order chi connectivity index (χ1) is 5.56. The number of aliphatic hydroxyl groups excluding tert-OH is 1. The van der Waals surface area contributed by atoms with Gasteiger partial charge in [0.15, 0.2) is 5.67 Å². The molecule has 3 heteroatoms. The molecule has 1 atom stereocenters. The fraction of sp³-hybridized carbons (Fsp3) is 0.333. The highest BCUT2D eigenvalue weighted by molar-refractivity contribution is 9.10. The van der Waals surface area contributed by atoms with Crippen molar-refractivity contribution < 1.29 is 9.50 Å². The average Bonchev–Trinajstić information content (AvgIpc) is 2.05. The van der Waals surface area contributed by atoms with E-state index in [4.69, 9.17) is 5.11 Å². The van der Waals surface area contributed by atoms with E-state index >= 15 is 0 Å². The van der Waals surface area contributed by atoms with E-state index in [-0.39, 0.29) is 0 Å². The fourth-order valence-electron chi connectivity index (χ4n) is 0.889. The molecule has 1 aromatic rings. The Bertz CT molecular complexity index is 256. The molecule has 1 rings (SSSR count). The van der Waals surface area contributed by atoms with E-state index in [1.54, 1.807) is 24.3 Å². The minimum absolute atomic E-state index is 0.491. The second-order valence-electron chi connectivity index (χ2n) is 2.86. The van der Waals surface area contributed by atoms with E-state index in [1.807, 2.05) is 0 Å². The lowest BCUT2D eigenvalue weighted by atomic mass is 9.99. The third-order valence-corrected chi connectivity index (χ3v) is 2.27. The number of halogens is 2. The largest absolute Gasteiger partial charge is 0.393 e. The topological polar surface area (TPSA) is 20.2 Å². The monoisotopic (exact) mass is 232 g/mol. The lowest BCUT2D eigenvalue weighted by Gasteiger charge is -2.17. The van der Waals surface area contributed by atoms with E-state index in [9.17, 15) is 4.39 Å². The Morgan fingerprint density at radius 3 is 2.33 bits per heavy atom. The van der Waals surface area contributed by atoms with Crippen LogP contribution < -0.4 is 0 Å². The molecule has 0 heterocycles. The molecule has 0 saturated carbocycles. The first kappa shape index (κ1) is 9.68. The summed E-state index contributed by atoms with van der Waals surface area (Å²) in [7, 11) is 0. The third kappa shape index (κ3) is 2.05. The summed E-state index contributed by atoms with van der Waals surface area (Å²) in [5.74, 6) is 0. The summed E-state index contributed by atoms with van der Waals surface area (Å²) in [4.78, 5) is 0. The van der Waals surface area contributed by atoms with Crippen LogP contribution in [0, 0.1) is 0 Å². The molecular weight excluding hydrogens is 223 g/mol. The first-order valence-electron chi connectivity index (χ1n) is 3.62. The Balaban J connectivity index is 2.96. The van der Waals surface area contributed by atoms with Crippen LogP contribution in [-0.4, -0.2) is 11.7 Å². The van der Waals surface area contributed by atoms with Crippen molar-refractivity contribution in [3.63, 3.8) is 0 Å². The van der Waals surface area contributed by atoms with Crippen LogP contribution in [0.4, 0.5) is 4.39 Å². The maximum Gasteiger partial charge on any atom is 0.156 e. The van der Waals surface area contributed by atoms with Crippen molar-refractivity contribution in [2.45, 2.75) is 12.6 Å². The highest BCUT2D eigenvalue weighted by Crippen LogP contribution is 2.25. The lowest BCUT2D eigenvalue weighted by Crippen LogP contribution is -2.19. The normalized spacial score (nSPS) is 15.7. The molecule has 0 saturated heterocycles. The predicted octanol–water partition coefficient (Wildman–Crippen LogP) is 2.63. The van der Waals surface area contributed by atoms with Gasteiger partial charge in [-0.15, -0.1) is 0 Å². The Labute approximate surface area is 79.4 Å². The van der Waals surface area contributed by atoms with Crippen LogP contribution in [0.3, 0.4) is 0 Å². The maximum absolute atomic E-state index is 13.4. The molecule has 12 heavy (non-hydrogen) atoms. The van der Waals surface area contributed by atoms with Crippen LogP contribution >= 0.6 is 15.9 Å². The van der Waals surface area contributed by atoms with Gasteiger partial charge in [0.2, 0.25) is 0 Å². The second-order valence-corrected chi connectivity index (χ2v) is 3.78. The van der Waals surface area contributed by atoms with Crippen LogP contribution in [-0.2, 0) is 5.67 Å². The van der Waals surface area contributed by atoms with Gasteiger partial charge >= 0.3 is 0 Å². The SMILES string of the molecule is C[C@](F)(CO)c1ccc(Br)cc1. The molecule has 0 aromatic heterocycles. The molecule has 0 spiro atoms. The van der Waals surface area contributed by atoms with Crippen molar-refractivity contribution >= 4 is 15.9 Å². The van der Waals surface area contributed by atoms with Crippen molar-refractivity contribution in [3.05, 3.63) is 34.3 Å². The molecule has 66 valence electrons. The Kier molecular flexibility index (Phi) is 2.85. The molecule has 1 nitrogen and oxygen atoms in total. The predicted molar refractivity (Wildman–Crippen MR) is 49.7 cm³/mol. The zero-order valence-electron chi connectivity index (χ0n) is 6.72. The molecule has 0 aliphatic carbocycles. The van der Waals surface area contributed by atoms with Crippen LogP contribution in [0.1, 0.15) is 12.5 Å². The molecule has 0 fully saturated rings. The Morgan fingerprint density at radius 1 is 1.42 bits per heavy atom. The van der Waals surface area contributed by atoms with E-state index in [0.717, 1.165) is 4.47 Å². The van der Waals surface area contributed by atoms with Gasteiger partial charge in [0.25, 0.3) is 0 Å². The molecule has 0 unspecified atom stereocenters. The Morgan fingerprint density at radius 2 is 1.92 bits per heavy atom. The number of alkyl halides is 1. The minimum Gasteiger partial charge on any atom is -0.393 e. The van der Waals surface area contributed by atoms with Gasteiger partial charge in [-0.2, -0.15) is 0 Å². The number of aliphatic hydroxyl groups is 1. The van der Waals surface area contributed by atoms with E-state index in [1.165, 1.54) is 6.92 Å². The molecule has 1 N–H and O–H groups in total. The van der Waals surface area contributed by atoms with Crippen LogP contribution in [0.25, 0.3) is 0 Å². The number of rotatable bonds is 2. The molecule has 0 aliphatic heterocycles. The van der Waals surface area contributed by atoms with Crippen LogP contribution in [0.15, 0.2) is 28.7 Å². The zero-order valence-corrected chi connectivity index (χ0v) is 8.31. The van der Waals surface area contributed by atoms with Gasteiger partial charge in [0.05, 0.1) is 6.61 Å². The summed E-state index contributed by atoms with van der Waals surface area (Å²) in [5, 5.41) is 8.73. The highest BCUT2D eigenvalue weighted by Gasteiger charge is 2.23. The lowest BCUT2D eigenvalue weighted by molar-refractivity contribution is 0.0868. The summed E-state index contributed by atoms with van der Waals surface area (Å²) in [6.45, 7) is 0.866. The summed E-state index contributed by atoms with van der Waals surface area (Å²) >= 11 is 3.25. The van der Waals surface area contributed by atoms with Gasteiger partial charge in [0.1, 0.15) is 0 Å². The van der Waals surface area contributed by atoms with Gasteiger partial charge in [-0.05, 0) is 24.6 Å². The maximum atomic E-state index is 13.4. The van der Waals surface area contributed by atoms with Crippen molar-refractivity contribution in [2.24, 2.45) is 0 Å². The van der Waals surface area contributed by atoms with Crippen LogP contribution in [0.2, 0.25) is 0 Å². The van der Waals surface area contributed by atoms with Gasteiger partial charge in [0, 0.05) is 4.47 Å². The quantitative estimate of drug-likeness (QED) is 0.832. The summed E-state index contributed by atoms with van der Waals surface area (Å²) in [5.41, 5.74) is -1.14. The molecule has 0 bridgehead atoms. The molecular formula is C9H10BrFO. The zero-order chi connectivity index (χ0) is 9.19. The second kappa shape index (κ2) is 3.54. The van der Waals surface area contributed by atoms with Crippen molar-refractivity contribution in [1.29, 1.82) is 0 Å². The van der Waals surface area contributed by atoms with E-state index < -0.39 is 12.3 Å². The smallest absolute Gasteiger partial charge is 0.156 e. The van der Waals surface area contributed by atoms with Gasteiger partial charge < -0.3 is 5.11 Å². The third-order valence-electron chi connectivity index (χ3n) is 1.74. The molecule has 1 aromatic carbocycles. The van der Waals surface area contributed by atoms with Crippen molar-refractivity contribution in [2.75, 3.05) is 6.61 Å².